The molecular weight excluding hydrogens is 294 g/mol. The molecule has 2 aliphatic rings. The smallest absolute Gasteiger partial charge is 0.238 e. The van der Waals surface area contributed by atoms with Crippen molar-refractivity contribution in [2.45, 2.75) is 31.7 Å². The average molecular weight is 317 g/mol. The first kappa shape index (κ1) is 15.8. The Labute approximate surface area is 135 Å². The zero-order valence-electron chi connectivity index (χ0n) is 13.1. The Balaban J connectivity index is 1.38. The van der Waals surface area contributed by atoms with Gasteiger partial charge in [0.25, 0.3) is 0 Å². The van der Waals surface area contributed by atoms with E-state index in [9.17, 15) is 14.7 Å². The maximum atomic E-state index is 12.0. The third-order valence-electron chi connectivity index (χ3n) is 4.40. The van der Waals surface area contributed by atoms with E-state index in [1.54, 1.807) is 24.3 Å². The topological polar surface area (TPSA) is 81.7 Å². The van der Waals surface area contributed by atoms with Crippen molar-refractivity contribution in [3.05, 3.63) is 24.3 Å². The third kappa shape index (κ3) is 4.69. The van der Waals surface area contributed by atoms with Crippen molar-refractivity contribution >= 4 is 17.5 Å². The highest BCUT2D eigenvalue weighted by Gasteiger charge is 2.31. The summed E-state index contributed by atoms with van der Waals surface area (Å²) in [6.07, 6.45) is 3.85. The monoisotopic (exact) mass is 317 g/mol. The van der Waals surface area contributed by atoms with Gasteiger partial charge >= 0.3 is 0 Å². The van der Waals surface area contributed by atoms with Crippen molar-refractivity contribution < 1.29 is 14.7 Å². The summed E-state index contributed by atoms with van der Waals surface area (Å²) in [5.41, 5.74) is 0.680. The van der Waals surface area contributed by atoms with Crippen LogP contribution in [0.3, 0.4) is 0 Å². The van der Waals surface area contributed by atoms with Crippen LogP contribution in [0, 0.1) is 5.92 Å². The highest BCUT2D eigenvalue weighted by molar-refractivity contribution is 5.92. The van der Waals surface area contributed by atoms with E-state index < -0.39 is 0 Å². The number of nitrogens with zero attached hydrogens (tertiary/aromatic N) is 1. The summed E-state index contributed by atoms with van der Waals surface area (Å²) >= 11 is 0. The van der Waals surface area contributed by atoms with E-state index >= 15 is 0 Å². The first-order valence-corrected chi connectivity index (χ1v) is 8.22. The lowest BCUT2D eigenvalue weighted by Gasteiger charge is -2.31. The Morgan fingerprint density at radius 1 is 1.09 bits per heavy atom. The number of aromatic hydroxyl groups is 1. The molecule has 1 aromatic rings. The van der Waals surface area contributed by atoms with Gasteiger partial charge in [-0.2, -0.15) is 0 Å². The molecule has 3 rings (SSSR count). The standard InChI is InChI=1S/C17H23N3O3/c21-15-5-3-13(4-6-15)18-16(22)11-20-9-7-14(8-10-20)19-17(23)12-1-2-12/h3-6,12,14,21H,1-2,7-11H2,(H,18,22)(H,19,23). The number of carbonyl (C=O) groups excluding carboxylic acids is 2. The zero-order valence-corrected chi connectivity index (χ0v) is 13.1. The van der Waals surface area contributed by atoms with E-state index in [0.717, 1.165) is 38.8 Å². The molecule has 23 heavy (non-hydrogen) atoms. The van der Waals surface area contributed by atoms with Gasteiger partial charge in [0, 0.05) is 30.7 Å². The normalized spacial score (nSPS) is 19.3. The molecule has 0 aromatic heterocycles. The highest BCUT2D eigenvalue weighted by Crippen LogP contribution is 2.29. The largest absolute Gasteiger partial charge is 0.508 e. The van der Waals surface area contributed by atoms with Gasteiger partial charge in [-0.05, 0) is 49.9 Å². The fourth-order valence-corrected chi connectivity index (χ4v) is 2.85. The van der Waals surface area contributed by atoms with E-state index in [4.69, 9.17) is 0 Å². The van der Waals surface area contributed by atoms with Gasteiger partial charge in [-0.25, -0.2) is 0 Å². The Hall–Kier alpha value is -2.08. The second-order valence-corrected chi connectivity index (χ2v) is 6.43. The molecule has 1 heterocycles. The molecule has 1 saturated carbocycles. The van der Waals surface area contributed by atoms with E-state index in [-0.39, 0.29) is 29.5 Å². The number of rotatable bonds is 5. The van der Waals surface area contributed by atoms with E-state index in [1.165, 1.54) is 0 Å². The maximum absolute atomic E-state index is 12.0. The minimum atomic E-state index is -0.0591. The van der Waals surface area contributed by atoms with Crippen LogP contribution >= 0.6 is 0 Å². The second kappa shape index (κ2) is 7.00. The molecule has 124 valence electrons. The van der Waals surface area contributed by atoms with Crippen LogP contribution in [0.1, 0.15) is 25.7 Å². The maximum Gasteiger partial charge on any atom is 0.238 e. The molecular formula is C17H23N3O3. The summed E-state index contributed by atoms with van der Waals surface area (Å²) < 4.78 is 0. The van der Waals surface area contributed by atoms with Gasteiger partial charge in [-0.3, -0.25) is 14.5 Å². The molecule has 6 heteroatoms. The number of piperidine rings is 1. The van der Waals surface area contributed by atoms with Gasteiger partial charge in [0.05, 0.1) is 6.54 Å². The molecule has 1 saturated heterocycles. The van der Waals surface area contributed by atoms with Crippen LogP contribution in [0.25, 0.3) is 0 Å². The average Bonchev–Trinajstić information content (AvgIpc) is 3.36. The molecule has 1 aromatic carbocycles. The molecule has 0 spiro atoms. The number of phenols is 1. The number of carbonyl (C=O) groups is 2. The second-order valence-electron chi connectivity index (χ2n) is 6.43. The molecule has 0 radical (unpaired) electrons. The van der Waals surface area contributed by atoms with Crippen LogP contribution in [0.2, 0.25) is 0 Å². The predicted octanol–water partition coefficient (Wildman–Crippen LogP) is 1.32. The minimum absolute atomic E-state index is 0.0591. The lowest BCUT2D eigenvalue weighted by atomic mass is 10.0. The molecule has 3 N–H and O–H groups in total. The molecule has 0 unspecified atom stereocenters. The van der Waals surface area contributed by atoms with Crippen LogP contribution in [-0.4, -0.2) is 47.5 Å². The van der Waals surface area contributed by atoms with Gasteiger partial charge in [0.1, 0.15) is 5.75 Å². The van der Waals surface area contributed by atoms with Crippen molar-refractivity contribution in [3.63, 3.8) is 0 Å². The number of hydrogen-bond donors (Lipinski definition) is 3. The van der Waals surface area contributed by atoms with Crippen molar-refractivity contribution in [2.24, 2.45) is 5.92 Å². The first-order valence-electron chi connectivity index (χ1n) is 8.22. The zero-order chi connectivity index (χ0) is 16.2. The lowest BCUT2D eigenvalue weighted by Crippen LogP contribution is -2.46. The Morgan fingerprint density at radius 3 is 2.35 bits per heavy atom. The van der Waals surface area contributed by atoms with Crippen LogP contribution in [0.5, 0.6) is 5.75 Å². The highest BCUT2D eigenvalue weighted by atomic mass is 16.3. The van der Waals surface area contributed by atoms with Crippen LogP contribution < -0.4 is 10.6 Å². The summed E-state index contributed by atoms with van der Waals surface area (Å²) in [6, 6.07) is 6.69. The molecule has 2 amide bonds. The summed E-state index contributed by atoms with van der Waals surface area (Å²) in [4.78, 5) is 25.9. The summed E-state index contributed by atoms with van der Waals surface area (Å²) in [5, 5.41) is 15.2. The number of nitrogens with one attached hydrogen (secondary N) is 2. The van der Waals surface area contributed by atoms with Crippen molar-refractivity contribution in [1.82, 2.24) is 10.2 Å². The van der Waals surface area contributed by atoms with Gasteiger partial charge in [0.2, 0.25) is 11.8 Å². The van der Waals surface area contributed by atoms with Crippen molar-refractivity contribution in [1.29, 1.82) is 0 Å². The van der Waals surface area contributed by atoms with Gasteiger partial charge < -0.3 is 15.7 Å². The Morgan fingerprint density at radius 2 is 1.74 bits per heavy atom. The number of anilines is 1. The molecule has 2 fully saturated rings. The third-order valence-corrected chi connectivity index (χ3v) is 4.40. The lowest BCUT2D eigenvalue weighted by molar-refractivity contribution is -0.123. The fraction of sp³-hybridized carbons (Fsp3) is 0.529. The van der Waals surface area contributed by atoms with E-state index in [1.807, 2.05) is 0 Å². The van der Waals surface area contributed by atoms with Gasteiger partial charge in [-0.15, -0.1) is 0 Å². The van der Waals surface area contributed by atoms with E-state index in [2.05, 4.69) is 15.5 Å². The molecule has 1 aliphatic heterocycles. The number of likely N-dealkylation sites (tertiary alicyclic amines) is 1. The summed E-state index contributed by atoms with van der Waals surface area (Å²) in [6.45, 7) is 1.99. The predicted molar refractivity (Wildman–Crippen MR) is 87.1 cm³/mol. The molecule has 6 nitrogen and oxygen atoms in total. The fourth-order valence-electron chi connectivity index (χ4n) is 2.85. The molecule has 0 bridgehead atoms. The Kier molecular flexibility index (Phi) is 4.81. The first-order chi connectivity index (χ1) is 11.1. The Bertz CT molecular complexity index is 561. The van der Waals surface area contributed by atoms with Crippen LogP contribution in [0.4, 0.5) is 5.69 Å². The molecule has 1 aliphatic carbocycles. The SMILES string of the molecule is O=C(CN1CCC(NC(=O)C2CC2)CC1)Nc1ccc(O)cc1. The summed E-state index contributed by atoms with van der Waals surface area (Å²) in [7, 11) is 0. The van der Waals surface area contributed by atoms with Crippen molar-refractivity contribution in [3.8, 4) is 5.75 Å². The minimum Gasteiger partial charge on any atom is -0.508 e. The number of benzene rings is 1. The van der Waals surface area contributed by atoms with Gasteiger partial charge in [0.15, 0.2) is 0 Å². The number of phenolic OH excluding ortho intramolecular Hbond substituents is 1. The van der Waals surface area contributed by atoms with E-state index in [0.29, 0.717) is 12.2 Å². The number of hydrogen-bond acceptors (Lipinski definition) is 4. The van der Waals surface area contributed by atoms with Crippen molar-refractivity contribution in [2.75, 3.05) is 25.0 Å². The summed E-state index contributed by atoms with van der Waals surface area (Å²) in [5.74, 6) is 0.576. The number of amides is 2. The van der Waals surface area contributed by atoms with Crippen LogP contribution in [-0.2, 0) is 9.59 Å². The van der Waals surface area contributed by atoms with Crippen LogP contribution in [0.15, 0.2) is 24.3 Å². The quantitative estimate of drug-likeness (QED) is 0.716. The molecule has 0 atom stereocenters. The van der Waals surface area contributed by atoms with Gasteiger partial charge in [-0.1, -0.05) is 0 Å².